The van der Waals surface area contributed by atoms with E-state index in [0.717, 1.165) is 24.4 Å². The number of hydrogen-bond donors (Lipinski definition) is 1. The van der Waals surface area contributed by atoms with Crippen LogP contribution >= 0.6 is 0 Å². The molecule has 6 heteroatoms. The van der Waals surface area contributed by atoms with Crippen molar-refractivity contribution >= 4 is 5.91 Å². The molecule has 1 aliphatic heterocycles. The summed E-state index contributed by atoms with van der Waals surface area (Å²) >= 11 is 0. The molecule has 1 heterocycles. The highest BCUT2D eigenvalue weighted by molar-refractivity contribution is 5.78. The summed E-state index contributed by atoms with van der Waals surface area (Å²) in [5.74, 6) is 0.812. The molecule has 1 saturated heterocycles. The van der Waals surface area contributed by atoms with Crippen molar-refractivity contribution in [3.63, 3.8) is 0 Å². The van der Waals surface area contributed by atoms with Gasteiger partial charge >= 0.3 is 0 Å². The van der Waals surface area contributed by atoms with Crippen molar-refractivity contribution in [3.05, 3.63) is 29.8 Å². The van der Waals surface area contributed by atoms with Crippen molar-refractivity contribution in [1.82, 2.24) is 10.2 Å². The first-order chi connectivity index (χ1) is 11.5. The van der Waals surface area contributed by atoms with Crippen LogP contribution in [0.4, 0.5) is 0 Å². The normalized spacial score (nSPS) is 17.5. The highest BCUT2D eigenvalue weighted by atomic mass is 16.5. The van der Waals surface area contributed by atoms with E-state index in [-0.39, 0.29) is 11.5 Å². The third-order valence-electron chi connectivity index (χ3n) is 3.82. The Bertz CT molecular complexity index is 534. The molecule has 6 nitrogen and oxygen atoms in total. The van der Waals surface area contributed by atoms with Crippen LogP contribution in [-0.2, 0) is 20.8 Å². The van der Waals surface area contributed by atoms with Crippen LogP contribution in [0.25, 0.3) is 0 Å². The van der Waals surface area contributed by atoms with Crippen LogP contribution in [0.2, 0.25) is 0 Å². The molecule has 0 saturated carbocycles. The quantitative estimate of drug-likeness (QED) is 0.728. The molecule has 2 rings (SSSR count). The fourth-order valence-corrected chi connectivity index (χ4v) is 2.70. The number of carbonyl (C=O) groups excluding carboxylic acids is 1. The summed E-state index contributed by atoms with van der Waals surface area (Å²) in [6, 6.07) is 7.74. The molecule has 1 aromatic carbocycles. The molecular formula is C18H28N2O4. The fourth-order valence-electron chi connectivity index (χ4n) is 2.70. The maximum absolute atomic E-state index is 12.2. The zero-order chi connectivity index (χ0) is 17.4. The molecule has 1 N–H and O–H groups in total. The highest BCUT2D eigenvalue weighted by Crippen LogP contribution is 2.16. The number of carbonyl (C=O) groups is 1. The minimum atomic E-state index is -0.188. The fraction of sp³-hybridized carbons (Fsp3) is 0.611. The molecule has 0 unspecified atom stereocenters. The highest BCUT2D eigenvalue weighted by Gasteiger charge is 2.27. The molecule has 0 atom stereocenters. The number of ether oxygens (including phenoxy) is 3. The van der Waals surface area contributed by atoms with E-state index in [1.165, 1.54) is 0 Å². The third-order valence-corrected chi connectivity index (χ3v) is 3.82. The van der Waals surface area contributed by atoms with E-state index in [4.69, 9.17) is 14.2 Å². The summed E-state index contributed by atoms with van der Waals surface area (Å²) in [7, 11) is 1.64. The van der Waals surface area contributed by atoms with Crippen molar-refractivity contribution in [1.29, 1.82) is 0 Å². The number of nitrogens with one attached hydrogen (secondary N) is 1. The smallest absolute Gasteiger partial charge is 0.234 e. The van der Waals surface area contributed by atoms with E-state index in [1.807, 2.05) is 38.1 Å². The lowest BCUT2D eigenvalue weighted by Gasteiger charge is -2.37. The summed E-state index contributed by atoms with van der Waals surface area (Å²) in [4.78, 5) is 14.3. The number of morpholine rings is 1. The molecule has 0 aliphatic carbocycles. The van der Waals surface area contributed by atoms with Crippen molar-refractivity contribution < 1.29 is 19.0 Å². The van der Waals surface area contributed by atoms with Crippen LogP contribution in [0, 0.1) is 0 Å². The van der Waals surface area contributed by atoms with Crippen molar-refractivity contribution in [2.75, 3.05) is 46.6 Å². The summed E-state index contributed by atoms with van der Waals surface area (Å²) in [5, 5.41) is 2.97. The van der Waals surface area contributed by atoms with Crippen LogP contribution in [0.3, 0.4) is 0 Å². The molecule has 1 amide bonds. The topological polar surface area (TPSA) is 60.0 Å². The molecular weight excluding hydrogens is 308 g/mol. The van der Waals surface area contributed by atoms with Gasteiger partial charge in [-0.1, -0.05) is 12.1 Å². The molecule has 0 spiro atoms. The number of amides is 1. The molecule has 1 aliphatic rings. The van der Waals surface area contributed by atoms with Crippen LogP contribution in [0.15, 0.2) is 24.3 Å². The van der Waals surface area contributed by atoms with Gasteiger partial charge in [-0.05, 0) is 31.5 Å². The molecule has 1 aromatic rings. The molecule has 134 valence electrons. The van der Waals surface area contributed by atoms with Gasteiger partial charge in [0.1, 0.15) is 12.4 Å². The number of rotatable bonds is 8. The monoisotopic (exact) mass is 336 g/mol. The van der Waals surface area contributed by atoms with Gasteiger partial charge in [0.25, 0.3) is 0 Å². The average molecular weight is 336 g/mol. The largest absolute Gasteiger partial charge is 0.491 e. The molecule has 0 radical (unpaired) electrons. The van der Waals surface area contributed by atoms with Crippen molar-refractivity contribution in [3.8, 4) is 5.75 Å². The zero-order valence-electron chi connectivity index (χ0n) is 14.8. The van der Waals surface area contributed by atoms with Gasteiger partial charge in [0.05, 0.1) is 25.4 Å². The van der Waals surface area contributed by atoms with Crippen LogP contribution in [0.5, 0.6) is 5.75 Å². The second kappa shape index (κ2) is 9.01. The van der Waals surface area contributed by atoms with E-state index >= 15 is 0 Å². The minimum Gasteiger partial charge on any atom is -0.491 e. The van der Waals surface area contributed by atoms with E-state index in [0.29, 0.717) is 32.9 Å². The Hall–Kier alpha value is -1.63. The minimum absolute atomic E-state index is 0.0263. The van der Waals surface area contributed by atoms with E-state index in [2.05, 4.69) is 10.2 Å². The van der Waals surface area contributed by atoms with Gasteiger partial charge in [-0.25, -0.2) is 0 Å². The molecule has 1 fully saturated rings. The Morgan fingerprint density at radius 1 is 1.38 bits per heavy atom. The van der Waals surface area contributed by atoms with E-state index in [1.54, 1.807) is 7.11 Å². The lowest BCUT2D eigenvalue weighted by atomic mass is 10.1. The predicted molar refractivity (Wildman–Crippen MR) is 92.1 cm³/mol. The SMILES string of the molecule is COCCOc1cccc(CNC(=O)CN2CCOC(C)(C)C2)c1. The van der Waals surface area contributed by atoms with Gasteiger partial charge < -0.3 is 19.5 Å². The summed E-state index contributed by atoms with van der Waals surface area (Å²) < 4.78 is 16.2. The van der Waals surface area contributed by atoms with Gasteiger partial charge in [-0.3, -0.25) is 9.69 Å². The lowest BCUT2D eigenvalue weighted by Crippen LogP contribution is -2.51. The maximum atomic E-state index is 12.2. The van der Waals surface area contributed by atoms with Gasteiger partial charge in [0.15, 0.2) is 0 Å². The number of hydrogen-bond acceptors (Lipinski definition) is 5. The summed E-state index contributed by atoms with van der Waals surface area (Å²) in [6.45, 7) is 8.28. The van der Waals surface area contributed by atoms with E-state index < -0.39 is 0 Å². The maximum Gasteiger partial charge on any atom is 0.234 e. The van der Waals surface area contributed by atoms with Gasteiger partial charge in [-0.15, -0.1) is 0 Å². The Morgan fingerprint density at radius 3 is 2.96 bits per heavy atom. The Labute approximate surface area is 144 Å². The average Bonchev–Trinajstić information content (AvgIpc) is 2.53. The Balaban J connectivity index is 1.76. The first-order valence-corrected chi connectivity index (χ1v) is 8.32. The first-order valence-electron chi connectivity index (χ1n) is 8.32. The number of methoxy groups -OCH3 is 1. The van der Waals surface area contributed by atoms with E-state index in [9.17, 15) is 4.79 Å². The molecule has 0 bridgehead atoms. The number of nitrogens with zero attached hydrogens (tertiary/aromatic N) is 1. The first kappa shape index (κ1) is 18.7. The van der Waals surface area contributed by atoms with Crippen LogP contribution < -0.4 is 10.1 Å². The van der Waals surface area contributed by atoms with Crippen molar-refractivity contribution in [2.24, 2.45) is 0 Å². The van der Waals surface area contributed by atoms with Gasteiger partial charge in [-0.2, -0.15) is 0 Å². The lowest BCUT2D eigenvalue weighted by molar-refractivity contribution is -0.127. The van der Waals surface area contributed by atoms with Crippen molar-refractivity contribution in [2.45, 2.75) is 26.0 Å². The Kier molecular flexibility index (Phi) is 7.02. The molecule has 24 heavy (non-hydrogen) atoms. The van der Waals surface area contributed by atoms with Gasteiger partial charge in [0, 0.05) is 26.7 Å². The van der Waals surface area contributed by atoms with Crippen LogP contribution in [0.1, 0.15) is 19.4 Å². The summed E-state index contributed by atoms with van der Waals surface area (Å²) in [5.41, 5.74) is 0.826. The standard InChI is InChI=1S/C18H28N2O4/c1-18(2)14-20(7-8-24-18)13-17(21)19-12-15-5-4-6-16(11-15)23-10-9-22-3/h4-6,11H,7-10,12-14H2,1-3H3,(H,19,21). The zero-order valence-corrected chi connectivity index (χ0v) is 14.8. The number of benzene rings is 1. The Morgan fingerprint density at radius 2 is 2.21 bits per heavy atom. The second-order valence-electron chi connectivity index (χ2n) is 6.58. The third kappa shape index (κ3) is 6.47. The second-order valence-corrected chi connectivity index (χ2v) is 6.58. The molecule has 0 aromatic heterocycles. The predicted octanol–water partition coefficient (Wildman–Crippen LogP) is 1.44. The summed E-state index contributed by atoms with van der Waals surface area (Å²) in [6.07, 6.45) is 0. The van der Waals surface area contributed by atoms with Gasteiger partial charge in [0.2, 0.25) is 5.91 Å². The van der Waals surface area contributed by atoms with Crippen LogP contribution in [-0.4, -0.2) is 63.0 Å².